The quantitative estimate of drug-likeness (QED) is 0.479. The van der Waals surface area contributed by atoms with Crippen LogP contribution in [-0.2, 0) is 0 Å². The van der Waals surface area contributed by atoms with Crippen LogP contribution in [-0.4, -0.2) is 40.8 Å². The monoisotopic (exact) mass is 529 g/mol. The van der Waals surface area contributed by atoms with Crippen LogP contribution in [0.15, 0.2) is 53.0 Å². The van der Waals surface area contributed by atoms with E-state index in [1.807, 2.05) is 36.1 Å². The molecule has 5 rings (SSSR count). The van der Waals surface area contributed by atoms with Crippen LogP contribution < -0.4 is 5.32 Å². The fourth-order valence-corrected chi connectivity index (χ4v) is 6.03. The number of thiazole rings is 1. The van der Waals surface area contributed by atoms with Crippen molar-refractivity contribution in [1.82, 2.24) is 15.2 Å². The molecule has 3 aromatic rings. The third kappa shape index (κ3) is 4.21. The van der Waals surface area contributed by atoms with Gasteiger partial charge in [0.1, 0.15) is 5.69 Å². The molecule has 2 amide bonds. The van der Waals surface area contributed by atoms with Crippen molar-refractivity contribution in [2.75, 3.05) is 13.1 Å². The third-order valence-electron chi connectivity index (χ3n) is 6.15. The Kier molecular flexibility index (Phi) is 5.82. The van der Waals surface area contributed by atoms with Crippen LogP contribution in [0.1, 0.15) is 32.3 Å². The normalized spacial score (nSPS) is 21.3. The topological polar surface area (TPSA) is 62.3 Å². The molecule has 164 valence electrons. The molecular weight excluding hydrogens is 510 g/mol. The van der Waals surface area contributed by atoms with Gasteiger partial charge in [0.25, 0.3) is 11.8 Å². The molecule has 1 aliphatic heterocycles. The van der Waals surface area contributed by atoms with Gasteiger partial charge in [-0.05, 0) is 61.1 Å². The van der Waals surface area contributed by atoms with Crippen molar-refractivity contribution in [1.29, 1.82) is 0 Å². The summed E-state index contributed by atoms with van der Waals surface area (Å²) in [5.41, 5.74) is 1.99. The Morgan fingerprint density at radius 2 is 2.06 bits per heavy atom. The summed E-state index contributed by atoms with van der Waals surface area (Å²) in [4.78, 5) is 33.6. The first kappa shape index (κ1) is 21.6. The van der Waals surface area contributed by atoms with E-state index in [1.54, 1.807) is 24.3 Å². The Morgan fingerprint density at radius 3 is 2.84 bits per heavy atom. The summed E-state index contributed by atoms with van der Waals surface area (Å²) in [6.07, 6.45) is 1.11. The molecule has 1 saturated carbocycles. The van der Waals surface area contributed by atoms with E-state index in [-0.39, 0.29) is 17.9 Å². The second kappa shape index (κ2) is 8.61. The van der Waals surface area contributed by atoms with Crippen molar-refractivity contribution < 1.29 is 9.59 Å². The number of piperidine rings is 1. The fraction of sp³-hybridized carbons (Fsp3) is 0.292. The van der Waals surface area contributed by atoms with E-state index >= 15 is 0 Å². The van der Waals surface area contributed by atoms with Crippen LogP contribution >= 0.6 is 38.9 Å². The lowest BCUT2D eigenvalue weighted by Crippen LogP contribution is -2.45. The standard InChI is InChI=1S/C24H21BrClN3O2S/c1-13-28-21(22(32-13)14-4-2-6-17(25)8-14)24(31)29-12-16-10-19(16)20(29)11-27-23(30)15-5-3-7-18(26)9-15/h2-9,16,19-20H,10-12H2,1H3,(H,27,30)/t16-,19?,20+/m0/s1. The maximum Gasteiger partial charge on any atom is 0.274 e. The minimum Gasteiger partial charge on any atom is -0.350 e. The van der Waals surface area contributed by atoms with E-state index < -0.39 is 0 Å². The SMILES string of the molecule is Cc1nc(C(=O)N2C[C@@H]3CC3[C@H]2CNC(=O)c2cccc(Cl)c2)c(-c2cccc(Br)c2)s1. The average Bonchev–Trinajstić information content (AvgIpc) is 3.28. The number of aromatic nitrogens is 1. The lowest BCUT2D eigenvalue weighted by atomic mass is 10.1. The Hall–Kier alpha value is -2.22. The van der Waals surface area contributed by atoms with E-state index in [2.05, 4.69) is 26.2 Å². The summed E-state index contributed by atoms with van der Waals surface area (Å²) in [6.45, 7) is 3.07. The molecular formula is C24H21BrClN3O2S. The number of aryl methyl sites for hydroxylation is 1. The van der Waals surface area contributed by atoms with Gasteiger partial charge in [-0.25, -0.2) is 4.98 Å². The molecule has 2 aromatic carbocycles. The van der Waals surface area contributed by atoms with Gasteiger partial charge >= 0.3 is 0 Å². The van der Waals surface area contributed by atoms with Crippen molar-refractivity contribution in [2.24, 2.45) is 11.8 Å². The highest BCUT2D eigenvalue weighted by molar-refractivity contribution is 9.10. The molecule has 2 fully saturated rings. The van der Waals surface area contributed by atoms with Gasteiger partial charge in [0.15, 0.2) is 0 Å². The minimum atomic E-state index is -0.177. The predicted molar refractivity (Wildman–Crippen MR) is 130 cm³/mol. The zero-order chi connectivity index (χ0) is 22.4. The number of hydrogen-bond acceptors (Lipinski definition) is 4. The van der Waals surface area contributed by atoms with Crippen molar-refractivity contribution in [2.45, 2.75) is 19.4 Å². The highest BCUT2D eigenvalue weighted by atomic mass is 79.9. The Morgan fingerprint density at radius 1 is 1.25 bits per heavy atom. The lowest BCUT2D eigenvalue weighted by molar-refractivity contribution is 0.0690. The number of amides is 2. The zero-order valence-corrected chi connectivity index (χ0v) is 20.5. The summed E-state index contributed by atoms with van der Waals surface area (Å²) in [5.74, 6) is 0.718. The molecule has 3 atom stereocenters. The van der Waals surface area contributed by atoms with Crippen molar-refractivity contribution in [3.8, 4) is 10.4 Å². The molecule has 1 unspecified atom stereocenters. The molecule has 1 aromatic heterocycles. The number of nitrogens with zero attached hydrogens (tertiary/aromatic N) is 2. The molecule has 2 aliphatic rings. The lowest BCUT2D eigenvalue weighted by Gasteiger charge is -2.27. The first-order chi connectivity index (χ1) is 15.4. The van der Waals surface area contributed by atoms with Crippen LogP contribution in [0, 0.1) is 18.8 Å². The number of hydrogen-bond donors (Lipinski definition) is 1. The van der Waals surface area contributed by atoms with Gasteiger partial charge < -0.3 is 10.2 Å². The molecule has 0 spiro atoms. The van der Waals surface area contributed by atoms with Gasteiger partial charge in [-0.15, -0.1) is 11.3 Å². The van der Waals surface area contributed by atoms with Gasteiger partial charge in [0.05, 0.1) is 15.9 Å². The minimum absolute atomic E-state index is 0.0204. The second-order valence-corrected chi connectivity index (χ2v) is 10.9. The molecule has 5 nitrogen and oxygen atoms in total. The molecule has 1 saturated heterocycles. The summed E-state index contributed by atoms with van der Waals surface area (Å²) in [7, 11) is 0. The van der Waals surface area contributed by atoms with Crippen LogP contribution in [0.4, 0.5) is 0 Å². The molecule has 0 radical (unpaired) electrons. The number of likely N-dealkylation sites (tertiary alicyclic amines) is 1. The molecule has 1 N–H and O–H groups in total. The van der Waals surface area contributed by atoms with Crippen molar-refractivity contribution >= 4 is 50.7 Å². The maximum absolute atomic E-state index is 13.6. The largest absolute Gasteiger partial charge is 0.350 e. The summed E-state index contributed by atoms with van der Waals surface area (Å²) >= 11 is 11.1. The number of carbonyl (C=O) groups excluding carboxylic acids is 2. The van der Waals surface area contributed by atoms with Crippen molar-refractivity contribution in [3.05, 3.63) is 74.3 Å². The molecule has 32 heavy (non-hydrogen) atoms. The smallest absolute Gasteiger partial charge is 0.274 e. The highest BCUT2D eigenvalue weighted by Gasteiger charge is 2.54. The maximum atomic E-state index is 13.6. The first-order valence-electron chi connectivity index (χ1n) is 10.5. The molecule has 0 bridgehead atoms. The van der Waals surface area contributed by atoms with Gasteiger partial charge in [-0.3, -0.25) is 9.59 Å². The number of carbonyl (C=O) groups is 2. The number of fused-ring (bicyclic) bond motifs is 1. The molecule has 2 heterocycles. The number of rotatable bonds is 5. The number of nitrogens with one attached hydrogen (secondary N) is 1. The average molecular weight is 531 g/mol. The Balaban J connectivity index is 1.36. The summed E-state index contributed by atoms with van der Waals surface area (Å²) in [6, 6.07) is 14.8. The summed E-state index contributed by atoms with van der Waals surface area (Å²) in [5, 5.41) is 4.39. The van der Waals surface area contributed by atoms with E-state index in [1.165, 1.54) is 11.3 Å². The second-order valence-electron chi connectivity index (χ2n) is 8.33. The van der Waals surface area contributed by atoms with Crippen molar-refractivity contribution in [3.63, 3.8) is 0 Å². The Bertz CT molecular complexity index is 1210. The van der Waals surface area contributed by atoms with Crippen LogP contribution in [0.5, 0.6) is 0 Å². The summed E-state index contributed by atoms with van der Waals surface area (Å²) < 4.78 is 0.962. The van der Waals surface area contributed by atoms with Crippen LogP contribution in [0.2, 0.25) is 5.02 Å². The Labute approximate surface area is 203 Å². The third-order valence-corrected chi connectivity index (χ3v) is 7.89. The van der Waals surface area contributed by atoms with E-state index in [0.29, 0.717) is 34.7 Å². The van der Waals surface area contributed by atoms with Crippen LogP contribution in [0.25, 0.3) is 10.4 Å². The molecule has 1 aliphatic carbocycles. The number of halogens is 2. The van der Waals surface area contributed by atoms with Gasteiger partial charge in [-0.1, -0.05) is 45.7 Å². The van der Waals surface area contributed by atoms with E-state index in [9.17, 15) is 9.59 Å². The first-order valence-corrected chi connectivity index (χ1v) is 12.5. The highest BCUT2D eigenvalue weighted by Crippen LogP contribution is 2.50. The molecule has 8 heteroatoms. The van der Waals surface area contributed by atoms with Gasteiger partial charge in [-0.2, -0.15) is 0 Å². The predicted octanol–water partition coefficient (Wildman–Crippen LogP) is 5.42. The van der Waals surface area contributed by atoms with E-state index in [4.69, 9.17) is 11.6 Å². The number of benzene rings is 2. The zero-order valence-electron chi connectivity index (χ0n) is 17.3. The van der Waals surface area contributed by atoms with Gasteiger partial charge in [0, 0.05) is 28.1 Å². The van der Waals surface area contributed by atoms with Crippen LogP contribution in [0.3, 0.4) is 0 Å². The fourth-order valence-electron chi connectivity index (χ4n) is 4.53. The van der Waals surface area contributed by atoms with Gasteiger partial charge in [0.2, 0.25) is 0 Å². The van der Waals surface area contributed by atoms with E-state index in [0.717, 1.165) is 32.9 Å².